The second-order valence-corrected chi connectivity index (χ2v) is 4.68. The number of nitrogens with zero attached hydrogens (tertiary/aromatic N) is 3. The number of aromatic nitrogens is 1. The van der Waals surface area contributed by atoms with Gasteiger partial charge in [-0.3, -0.25) is 0 Å². The average Bonchev–Trinajstić information content (AvgIpc) is 2.39. The van der Waals surface area contributed by atoms with Crippen LogP contribution < -0.4 is 10.6 Å². The van der Waals surface area contributed by atoms with Gasteiger partial charge in [0.2, 0.25) is 0 Å². The lowest BCUT2D eigenvalue weighted by molar-refractivity contribution is 0.318. The number of pyridine rings is 1. The van der Waals surface area contributed by atoms with Crippen LogP contribution in [0.15, 0.2) is 23.5 Å². The van der Waals surface area contributed by atoms with Crippen molar-refractivity contribution in [3.8, 4) is 0 Å². The maximum atomic E-state index is 8.72. The molecule has 0 atom stereocenters. The number of oxime groups is 1. The maximum absolute atomic E-state index is 8.72. The maximum Gasteiger partial charge on any atom is 0.173 e. The molecule has 2 heterocycles. The molecule has 2 rings (SSSR count). The van der Waals surface area contributed by atoms with Crippen LogP contribution in [0.25, 0.3) is 0 Å². The number of nitrogens with two attached hydrogens (primary N) is 1. The standard InChI is InChI=1S/C10H14N4OS/c11-9(13-15)8-2-1-3-12-10(8)14-4-6-16-7-5-14/h1-3,15H,4-7H2,(H2,11,13). The van der Waals surface area contributed by atoms with Gasteiger partial charge >= 0.3 is 0 Å². The van der Waals surface area contributed by atoms with Crippen molar-refractivity contribution >= 4 is 23.4 Å². The Balaban J connectivity index is 2.31. The lowest BCUT2D eigenvalue weighted by Crippen LogP contribution is -2.35. The fourth-order valence-corrected chi connectivity index (χ4v) is 2.58. The highest BCUT2D eigenvalue weighted by molar-refractivity contribution is 7.99. The van der Waals surface area contributed by atoms with E-state index in [4.69, 9.17) is 10.9 Å². The van der Waals surface area contributed by atoms with Gasteiger partial charge in [-0.1, -0.05) is 5.16 Å². The normalized spacial score (nSPS) is 17.5. The highest BCUT2D eigenvalue weighted by Crippen LogP contribution is 2.20. The van der Waals surface area contributed by atoms with Crippen LogP contribution in [0.1, 0.15) is 5.56 Å². The first-order chi connectivity index (χ1) is 7.83. The Morgan fingerprint density at radius 2 is 2.25 bits per heavy atom. The van der Waals surface area contributed by atoms with E-state index in [1.54, 1.807) is 12.3 Å². The zero-order valence-corrected chi connectivity index (χ0v) is 9.65. The number of thioether (sulfide) groups is 1. The summed E-state index contributed by atoms with van der Waals surface area (Å²) >= 11 is 1.93. The second-order valence-electron chi connectivity index (χ2n) is 3.46. The van der Waals surface area contributed by atoms with Gasteiger partial charge < -0.3 is 15.8 Å². The van der Waals surface area contributed by atoms with Gasteiger partial charge in [-0.15, -0.1) is 0 Å². The summed E-state index contributed by atoms with van der Waals surface area (Å²) in [4.78, 5) is 6.49. The van der Waals surface area contributed by atoms with Crippen molar-refractivity contribution in [3.63, 3.8) is 0 Å². The van der Waals surface area contributed by atoms with E-state index < -0.39 is 0 Å². The summed E-state index contributed by atoms with van der Waals surface area (Å²) in [5, 5.41) is 11.8. The van der Waals surface area contributed by atoms with E-state index in [2.05, 4.69) is 15.0 Å². The molecule has 0 aromatic carbocycles. The van der Waals surface area contributed by atoms with Crippen molar-refractivity contribution in [2.45, 2.75) is 0 Å². The van der Waals surface area contributed by atoms with Crippen molar-refractivity contribution in [1.29, 1.82) is 0 Å². The Bertz CT molecular complexity index is 390. The molecular formula is C10H14N4OS. The van der Waals surface area contributed by atoms with Crippen LogP contribution in [-0.4, -0.2) is 40.6 Å². The van der Waals surface area contributed by atoms with Crippen LogP contribution >= 0.6 is 11.8 Å². The molecule has 0 amide bonds. The Hall–Kier alpha value is -1.43. The van der Waals surface area contributed by atoms with Crippen molar-refractivity contribution in [2.24, 2.45) is 10.9 Å². The van der Waals surface area contributed by atoms with Crippen LogP contribution in [0, 0.1) is 0 Å². The van der Waals surface area contributed by atoms with Crippen LogP contribution in [0.3, 0.4) is 0 Å². The third-order valence-corrected chi connectivity index (χ3v) is 3.42. The highest BCUT2D eigenvalue weighted by atomic mass is 32.2. The van der Waals surface area contributed by atoms with Crippen molar-refractivity contribution in [1.82, 2.24) is 4.98 Å². The Morgan fingerprint density at radius 1 is 1.50 bits per heavy atom. The van der Waals surface area contributed by atoms with Crippen LogP contribution in [-0.2, 0) is 0 Å². The van der Waals surface area contributed by atoms with Gasteiger partial charge in [-0.05, 0) is 12.1 Å². The van der Waals surface area contributed by atoms with Gasteiger partial charge in [0.25, 0.3) is 0 Å². The van der Waals surface area contributed by atoms with Crippen LogP contribution in [0.4, 0.5) is 5.82 Å². The molecule has 0 spiro atoms. The summed E-state index contributed by atoms with van der Waals surface area (Å²) in [5.41, 5.74) is 6.32. The molecule has 0 bridgehead atoms. The fraction of sp³-hybridized carbons (Fsp3) is 0.400. The molecule has 0 unspecified atom stereocenters. The smallest absolute Gasteiger partial charge is 0.173 e. The summed E-state index contributed by atoms with van der Waals surface area (Å²) in [7, 11) is 0. The van der Waals surface area contributed by atoms with Gasteiger partial charge in [0.1, 0.15) is 5.82 Å². The van der Waals surface area contributed by atoms with Gasteiger partial charge in [0.15, 0.2) is 5.84 Å². The lowest BCUT2D eigenvalue weighted by Gasteiger charge is -2.28. The number of anilines is 1. The highest BCUT2D eigenvalue weighted by Gasteiger charge is 2.17. The molecule has 1 aromatic rings. The number of hydrogen-bond donors (Lipinski definition) is 2. The van der Waals surface area contributed by atoms with E-state index in [1.807, 2.05) is 17.8 Å². The quantitative estimate of drug-likeness (QED) is 0.344. The van der Waals surface area contributed by atoms with E-state index in [1.165, 1.54) is 0 Å². The lowest BCUT2D eigenvalue weighted by atomic mass is 10.2. The predicted octanol–water partition coefficient (Wildman–Crippen LogP) is 0.729. The van der Waals surface area contributed by atoms with E-state index >= 15 is 0 Å². The fourth-order valence-electron chi connectivity index (χ4n) is 1.68. The Labute approximate surface area is 98.3 Å². The zero-order chi connectivity index (χ0) is 11.4. The van der Waals surface area contributed by atoms with Crippen LogP contribution in [0.5, 0.6) is 0 Å². The van der Waals surface area contributed by atoms with Gasteiger partial charge in [-0.25, -0.2) is 4.98 Å². The average molecular weight is 238 g/mol. The largest absolute Gasteiger partial charge is 0.409 e. The topological polar surface area (TPSA) is 74.7 Å². The summed E-state index contributed by atoms with van der Waals surface area (Å²) in [5.74, 6) is 3.10. The minimum atomic E-state index is 0.112. The van der Waals surface area contributed by atoms with Gasteiger partial charge in [0, 0.05) is 30.8 Å². The molecule has 1 fully saturated rings. The third kappa shape index (κ3) is 2.21. The molecule has 1 aliphatic rings. The van der Waals surface area contributed by atoms with E-state index in [0.717, 1.165) is 30.4 Å². The SMILES string of the molecule is N/C(=N\O)c1cccnc1N1CCSCC1. The first-order valence-electron chi connectivity index (χ1n) is 5.08. The van der Waals surface area contributed by atoms with Gasteiger partial charge in [-0.2, -0.15) is 11.8 Å². The second kappa shape index (κ2) is 5.07. The predicted molar refractivity (Wildman–Crippen MR) is 66.3 cm³/mol. The molecule has 0 saturated carbocycles. The Kier molecular flexibility index (Phi) is 3.51. The molecule has 6 heteroatoms. The van der Waals surface area contributed by atoms with E-state index in [-0.39, 0.29) is 5.84 Å². The summed E-state index contributed by atoms with van der Waals surface area (Å²) in [6, 6.07) is 3.61. The molecule has 16 heavy (non-hydrogen) atoms. The molecule has 86 valence electrons. The third-order valence-electron chi connectivity index (χ3n) is 2.48. The van der Waals surface area contributed by atoms with E-state index in [9.17, 15) is 0 Å². The summed E-state index contributed by atoms with van der Waals surface area (Å²) in [6.07, 6.45) is 1.73. The number of amidine groups is 1. The molecule has 1 saturated heterocycles. The van der Waals surface area contributed by atoms with Crippen molar-refractivity contribution in [2.75, 3.05) is 29.5 Å². The first-order valence-corrected chi connectivity index (χ1v) is 6.24. The Morgan fingerprint density at radius 3 is 2.94 bits per heavy atom. The minimum absolute atomic E-state index is 0.112. The summed E-state index contributed by atoms with van der Waals surface area (Å²) in [6.45, 7) is 1.90. The number of hydrogen-bond acceptors (Lipinski definition) is 5. The first kappa shape index (κ1) is 11.1. The molecule has 0 radical (unpaired) electrons. The monoisotopic (exact) mass is 238 g/mol. The summed E-state index contributed by atoms with van der Waals surface area (Å²) < 4.78 is 0. The number of rotatable bonds is 2. The molecule has 0 aliphatic carbocycles. The van der Waals surface area contributed by atoms with Crippen molar-refractivity contribution in [3.05, 3.63) is 23.9 Å². The molecule has 5 nitrogen and oxygen atoms in total. The molecule has 1 aromatic heterocycles. The van der Waals surface area contributed by atoms with Crippen LogP contribution in [0.2, 0.25) is 0 Å². The van der Waals surface area contributed by atoms with E-state index in [0.29, 0.717) is 5.56 Å². The molecular weight excluding hydrogens is 224 g/mol. The van der Waals surface area contributed by atoms with Crippen molar-refractivity contribution < 1.29 is 5.21 Å². The van der Waals surface area contributed by atoms with Gasteiger partial charge in [0.05, 0.1) is 5.56 Å². The molecule has 3 N–H and O–H groups in total. The zero-order valence-electron chi connectivity index (χ0n) is 8.83. The molecule has 1 aliphatic heterocycles. The minimum Gasteiger partial charge on any atom is -0.409 e.